The lowest BCUT2D eigenvalue weighted by atomic mass is 10.0. The lowest BCUT2D eigenvalue weighted by molar-refractivity contribution is -0.148. The van der Waals surface area contributed by atoms with Crippen LogP contribution in [0.2, 0.25) is 0 Å². The molecule has 0 aliphatic heterocycles. The summed E-state index contributed by atoms with van der Waals surface area (Å²) in [4.78, 5) is 36.0. The van der Waals surface area contributed by atoms with Gasteiger partial charge in [-0.1, -0.05) is 30.3 Å². The molecular weight excluding hydrogens is 446 g/mol. The van der Waals surface area contributed by atoms with E-state index in [0.717, 1.165) is 0 Å². The molecule has 0 saturated heterocycles. The van der Waals surface area contributed by atoms with Gasteiger partial charge in [0.1, 0.15) is 0 Å². The molecule has 0 heterocycles. The first-order valence-electron chi connectivity index (χ1n) is 10.4. The lowest BCUT2D eigenvalue weighted by Crippen LogP contribution is -2.46. The predicted molar refractivity (Wildman–Crippen MR) is 124 cm³/mol. The largest absolute Gasteiger partial charge is 0.463 e. The Morgan fingerprint density at radius 2 is 1.55 bits per heavy atom. The second-order valence-electron chi connectivity index (χ2n) is 7.76. The van der Waals surface area contributed by atoms with E-state index in [1.54, 1.807) is 38.1 Å². The molecule has 178 valence electrons. The monoisotopic (exact) mass is 475 g/mol. The van der Waals surface area contributed by atoms with E-state index in [-0.39, 0.29) is 23.3 Å². The number of anilines is 1. The number of carbonyl (C=O) groups is 3. The maximum absolute atomic E-state index is 12.8. The van der Waals surface area contributed by atoms with Crippen LogP contribution in [0.5, 0.6) is 0 Å². The summed E-state index contributed by atoms with van der Waals surface area (Å²) >= 11 is 0. The number of ether oxygens (including phenoxy) is 1. The minimum absolute atomic E-state index is 0.0589. The second-order valence-corrected chi connectivity index (χ2v) is 9.48. The van der Waals surface area contributed by atoms with E-state index in [1.807, 2.05) is 6.07 Å². The van der Waals surface area contributed by atoms with Gasteiger partial charge in [-0.2, -0.15) is 4.72 Å². The minimum atomic E-state index is -4.00. The van der Waals surface area contributed by atoms with Gasteiger partial charge >= 0.3 is 5.97 Å². The van der Waals surface area contributed by atoms with E-state index in [1.165, 1.54) is 38.1 Å². The highest BCUT2D eigenvalue weighted by Crippen LogP contribution is 2.19. The molecule has 1 unspecified atom stereocenters. The van der Waals surface area contributed by atoms with Crippen molar-refractivity contribution < 1.29 is 27.5 Å². The summed E-state index contributed by atoms with van der Waals surface area (Å²) in [6.45, 7) is 6.21. The number of sulfonamides is 1. The SMILES string of the molecule is CC(=O)Nc1ccc(S(=O)(=O)N[C@@H](C)C(=O)NC(CC(=O)OC(C)C)c2ccccc2)cc1. The summed E-state index contributed by atoms with van der Waals surface area (Å²) in [6, 6.07) is 12.6. The molecule has 2 aromatic rings. The van der Waals surface area contributed by atoms with Crippen LogP contribution in [-0.2, 0) is 29.1 Å². The van der Waals surface area contributed by atoms with Gasteiger partial charge in [-0.15, -0.1) is 0 Å². The Morgan fingerprint density at radius 3 is 2.09 bits per heavy atom. The Kier molecular flexibility index (Phi) is 9.12. The van der Waals surface area contributed by atoms with Crippen molar-refractivity contribution in [2.75, 3.05) is 5.32 Å². The third-order valence-corrected chi connectivity index (χ3v) is 6.02. The third kappa shape index (κ3) is 8.32. The number of esters is 1. The molecule has 0 aliphatic rings. The van der Waals surface area contributed by atoms with Crippen molar-refractivity contribution in [3.8, 4) is 0 Å². The van der Waals surface area contributed by atoms with Crippen LogP contribution < -0.4 is 15.4 Å². The highest BCUT2D eigenvalue weighted by Gasteiger charge is 2.26. The van der Waals surface area contributed by atoms with Crippen LogP contribution >= 0.6 is 0 Å². The topological polar surface area (TPSA) is 131 Å². The first-order chi connectivity index (χ1) is 15.5. The van der Waals surface area contributed by atoms with Gasteiger partial charge in [0.15, 0.2) is 0 Å². The maximum atomic E-state index is 12.8. The number of hydrogen-bond donors (Lipinski definition) is 3. The average Bonchev–Trinajstić information content (AvgIpc) is 2.73. The van der Waals surface area contributed by atoms with Crippen LogP contribution in [0.4, 0.5) is 5.69 Å². The molecule has 10 heteroatoms. The Hall–Kier alpha value is -3.24. The number of hydrogen-bond acceptors (Lipinski definition) is 6. The molecule has 2 aromatic carbocycles. The summed E-state index contributed by atoms with van der Waals surface area (Å²) in [5, 5.41) is 5.28. The van der Waals surface area contributed by atoms with Gasteiger partial charge in [-0.25, -0.2) is 8.42 Å². The van der Waals surface area contributed by atoms with E-state index in [2.05, 4.69) is 15.4 Å². The Labute approximate surface area is 194 Å². The standard InChI is InChI=1S/C23H29N3O6S/c1-15(2)32-22(28)14-21(18-8-6-5-7-9-18)25-23(29)16(3)26-33(30,31)20-12-10-19(11-13-20)24-17(4)27/h5-13,15-16,21,26H,14H2,1-4H3,(H,24,27)(H,25,29)/t16-,21?/m0/s1. The second kappa shape index (κ2) is 11.6. The van der Waals surface area contributed by atoms with Gasteiger partial charge in [0.05, 0.1) is 29.5 Å². The molecule has 2 atom stereocenters. The lowest BCUT2D eigenvalue weighted by Gasteiger charge is -2.22. The van der Waals surface area contributed by atoms with E-state index < -0.39 is 34.0 Å². The van der Waals surface area contributed by atoms with Gasteiger partial charge < -0.3 is 15.4 Å². The molecule has 0 radical (unpaired) electrons. The molecule has 0 aliphatic carbocycles. The summed E-state index contributed by atoms with van der Waals surface area (Å²) in [5.74, 6) is -1.36. The molecule has 33 heavy (non-hydrogen) atoms. The molecule has 2 rings (SSSR count). The molecule has 0 aromatic heterocycles. The number of rotatable bonds is 10. The average molecular weight is 476 g/mol. The summed E-state index contributed by atoms with van der Waals surface area (Å²) in [6.07, 6.45) is -0.398. The van der Waals surface area contributed by atoms with E-state index in [4.69, 9.17) is 4.74 Å². The first kappa shape index (κ1) is 26.0. The predicted octanol–water partition coefficient (Wildman–Crippen LogP) is 2.51. The molecule has 0 spiro atoms. The van der Waals surface area contributed by atoms with Gasteiger partial charge in [-0.3, -0.25) is 14.4 Å². The Balaban J connectivity index is 2.10. The van der Waals surface area contributed by atoms with E-state index in [0.29, 0.717) is 11.3 Å². The molecular formula is C23H29N3O6S. The van der Waals surface area contributed by atoms with Crippen LogP contribution in [0.1, 0.15) is 45.7 Å². The molecule has 9 nitrogen and oxygen atoms in total. The van der Waals surface area contributed by atoms with Crippen LogP contribution in [0.3, 0.4) is 0 Å². The maximum Gasteiger partial charge on any atom is 0.308 e. The van der Waals surface area contributed by atoms with Crippen molar-refractivity contribution in [2.24, 2.45) is 0 Å². The number of benzene rings is 2. The summed E-state index contributed by atoms with van der Waals surface area (Å²) in [7, 11) is -4.00. The van der Waals surface area contributed by atoms with Crippen molar-refractivity contribution in [2.45, 2.75) is 57.2 Å². The van der Waals surface area contributed by atoms with Crippen LogP contribution in [-0.4, -0.2) is 38.3 Å². The first-order valence-corrected chi connectivity index (χ1v) is 11.9. The third-order valence-electron chi connectivity index (χ3n) is 4.47. The smallest absolute Gasteiger partial charge is 0.308 e. The van der Waals surface area contributed by atoms with Gasteiger partial charge in [0.25, 0.3) is 0 Å². The van der Waals surface area contributed by atoms with Crippen LogP contribution in [0.25, 0.3) is 0 Å². The van der Waals surface area contributed by atoms with Crippen LogP contribution in [0, 0.1) is 0 Å². The Morgan fingerprint density at radius 1 is 0.939 bits per heavy atom. The molecule has 0 bridgehead atoms. The number of carbonyl (C=O) groups excluding carboxylic acids is 3. The fourth-order valence-electron chi connectivity index (χ4n) is 2.99. The fraction of sp³-hybridized carbons (Fsp3) is 0.348. The zero-order chi connectivity index (χ0) is 24.6. The van der Waals surface area contributed by atoms with Gasteiger partial charge in [0.2, 0.25) is 21.8 Å². The van der Waals surface area contributed by atoms with Crippen molar-refractivity contribution >= 4 is 33.5 Å². The molecule has 2 amide bonds. The van der Waals surface area contributed by atoms with E-state index >= 15 is 0 Å². The summed E-state index contributed by atoms with van der Waals surface area (Å²) in [5.41, 5.74) is 1.14. The number of amides is 2. The molecule has 0 saturated carbocycles. The van der Waals surface area contributed by atoms with Crippen molar-refractivity contribution in [3.63, 3.8) is 0 Å². The zero-order valence-electron chi connectivity index (χ0n) is 19.0. The normalized spacial score (nSPS) is 13.1. The summed E-state index contributed by atoms with van der Waals surface area (Å²) < 4.78 is 32.9. The quantitative estimate of drug-likeness (QED) is 0.453. The molecule has 0 fully saturated rings. The van der Waals surface area contributed by atoms with Crippen LogP contribution in [0.15, 0.2) is 59.5 Å². The fourth-order valence-corrected chi connectivity index (χ4v) is 4.19. The molecule has 3 N–H and O–H groups in total. The van der Waals surface area contributed by atoms with Crippen molar-refractivity contribution in [1.82, 2.24) is 10.0 Å². The zero-order valence-corrected chi connectivity index (χ0v) is 19.8. The Bertz CT molecular complexity index is 1070. The number of nitrogens with one attached hydrogen (secondary N) is 3. The van der Waals surface area contributed by atoms with E-state index in [9.17, 15) is 22.8 Å². The van der Waals surface area contributed by atoms with Gasteiger partial charge in [0, 0.05) is 12.6 Å². The van der Waals surface area contributed by atoms with Crippen molar-refractivity contribution in [1.29, 1.82) is 0 Å². The van der Waals surface area contributed by atoms with Gasteiger partial charge in [-0.05, 0) is 50.6 Å². The highest BCUT2D eigenvalue weighted by molar-refractivity contribution is 7.89. The highest BCUT2D eigenvalue weighted by atomic mass is 32.2. The minimum Gasteiger partial charge on any atom is -0.463 e. The van der Waals surface area contributed by atoms with Crippen molar-refractivity contribution in [3.05, 3.63) is 60.2 Å².